The molecule has 114 valence electrons. The van der Waals surface area contributed by atoms with E-state index in [-0.39, 0.29) is 11.7 Å². The summed E-state index contributed by atoms with van der Waals surface area (Å²) in [5.74, 6) is 0.644. The second-order valence-corrected chi connectivity index (χ2v) is 6.34. The molecule has 2 heterocycles. The molecular formula is C17H24N2O2. The number of likely N-dealkylation sites (tertiary alicyclic amines) is 1. The van der Waals surface area contributed by atoms with Gasteiger partial charge >= 0.3 is 0 Å². The summed E-state index contributed by atoms with van der Waals surface area (Å²) in [7, 11) is 0. The molecule has 0 bridgehead atoms. The van der Waals surface area contributed by atoms with Crippen molar-refractivity contribution in [2.45, 2.75) is 38.6 Å². The van der Waals surface area contributed by atoms with E-state index in [1.807, 2.05) is 17.9 Å². The molecular weight excluding hydrogens is 264 g/mol. The number of rotatable bonds is 2. The van der Waals surface area contributed by atoms with E-state index in [4.69, 9.17) is 0 Å². The molecule has 2 saturated heterocycles. The number of benzene rings is 1. The minimum Gasteiger partial charge on any atom is -0.507 e. The standard InChI is InChI=1S/C17H24N2O2/c1-12-6-7-14(16(20)10-12)17(21)19-9-3-5-15(19)13-4-2-8-18-11-13/h6-7,10,13,15,18,20H,2-5,8-9,11H2,1H3. The number of aromatic hydroxyl groups is 1. The third kappa shape index (κ3) is 2.91. The Morgan fingerprint density at radius 1 is 1.33 bits per heavy atom. The van der Waals surface area contributed by atoms with Crippen molar-refractivity contribution in [3.05, 3.63) is 29.3 Å². The number of piperidine rings is 1. The summed E-state index contributed by atoms with van der Waals surface area (Å²) in [4.78, 5) is 14.8. The Hall–Kier alpha value is -1.55. The van der Waals surface area contributed by atoms with Crippen molar-refractivity contribution in [3.63, 3.8) is 0 Å². The number of hydrogen-bond donors (Lipinski definition) is 2. The van der Waals surface area contributed by atoms with Crippen molar-refractivity contribution in [2.24, 2.45) is 5.92 Å². The fourth-order valence-electron chi connectivity index (χ4n) is 3.72. The Bertz CT molecular complexity index is 524. The van der Waals surface area contributed by atoms with Crippen molar-refractivity contribution in [2.75, 3.05) is 19.6 Å². The molecule has 2 aliphatic heterocycles. The Kier molecular flexibility index (Phi) is 4.15. The molecule has 3 rings (SSSR count). The molecule has 1 aromatic carbocycles. The van der Waals surface area contributed by atoms with E-state index in [2.05, 4.69) is 5.32 Å². The van der Waals surface area contributed by atoms with Crippen LogP contribution in [0.4, 0.5) is 0 Å². The van der Waals surface area contributed by atoms with Gasteiger partial charge in [-0.1, -0.05) is 6.07 Å². The van der Waals surface area contributed by atoms with Gasteiger partial charge in [0.1, 0.15) is 5.75 Å². The molecule has 2 atom stereocenters. The zero-order chi connectivity index (χ0) is 14.8. The number of phenolic OH excluding ortho intramolecular Hbond substituents is 1. The maximum Gasteiger partial charge on any atom is 0.257 e. The smallest absolute Gasteiger partial charge is 0.257 e. The Morgan fingerprint density at radius 3 is 2.90 bits per heavy atom. The van der Waals surface area contributed by atoms with Gasteiger partial charge in [-0.2, -0.15) is 0 Å². The summed E-state index contributed by atoms with van der Waals surface area (Å²) in [6.07, 6.45) is 4.55. The Balaban J connectivity index is 1.79. The lowest BCUT2D eigenvalue weighted by Crippen LogP contribution is -2.45. The van der Waals surface area contributed by atoms with Gasteiger partial charge in [-0.3, -0.25) is 4.79 Å². The van der Waals surface area contributed by atoms with Crippen LogP contribution in [0.3, 0.4) is 0 Å². The molecule has 2 N–H and O–H groups in total. The van der Waals surface area contributed by atoms with E-state index >= 15 is 0 Å². The van der Waals surface area contributed by atoms with Gasteiger partial charge in [-0.15, -0.1) is 0 Å². The predicted octanol–water partition coefficient (Wildman–Crippen LogP) is 2.30. The molecule has 1 aromatic rings. The van der Waals surface area contributed by atoms with Crippen molar-refractivity contribution in [1.82, 2.24) is 10.2 Å². The number of carbonyl (C=O) groups excluding carboxylic acids is 1. The molecule has 0 aliphatic carbocycles. The topological polar surface area (TPSA) is 52.6 Å². The normalized spacial score (nSPS) is 26.0. The summed E-state index contributed by atoms with van der Waals surface area (Å²) < 4.78 is 0. The van der Waals surface area contributed by atoms with Crippen molar-refractivity contribution >= 4 is 5.91 Å². The second-order valence-electron chi connectivity index (χ2n) is 6.34. The highest BCUT2D eigenvalue weighted by Crippen LogP contribution is 2.31. The third-order valence-electron chi connectivity index (χ3n) is 4.82. The van der Waals surface area contributed by atoms with Gasteiger partial charge in [0.25, 0.3) is 5.91 Å². The first-order chi connectivity index (χ1) is 10.2. The highest BCUT2D eigenvalue weighted by molar-refractivity contribution is 5.97. The lowest BCUT2D eigenvalue weighted by molar-refractivity contribution is 0.0667. The highest BCUT2D eigenvalue weighted by atomic mass is 16.3. The highest BCUT2D eigenvalue weighted by Gasteiger charge is 2.36. The zero-order valence-electron chi connectivity index (χ0n) is 12.6. The Morgan fingerprint density at radius 2 is 2.19 bits per heavy atom. The molecule has 2 unspecified atom stereocenters. The summed E-state index contributed by atoms with van der Waals surface area (Å²) in [5, 5.41) is 13.5. The fourth-order valence-corrected chi connectivity index (χ4v) is 3.72. The van der Waals surface area contributed by atoms with E-state index in [1.54, 1.807) is 12.1 Å². The molecule has 0 saturated carbocycles. The van der Waals surface area contributed by atoms with E-state index in [9.17, 15) is 9.90 Å². The number of aryl methyl sites for hydroxylation is 1. The van der Waals surface area contributed by atoms with Gasteiger partial charge in [-0.05, 0) is 69.3 Å². The lowest BCUT2D eigenvalue weighted by atomic mass is 9.90. The summed E-state index contributed by atoms with van der Waals surface area (Å²) in [6, 6.07) is 5.63. The molecule has 0 aromatic heterocycles. The van der Waals surface area contributed by atoms with Crippen molar-refractivity contribution in [3.8, 4) is 5.75 Å². The van der Waals surface area contributed by atoms with Gasteiger partial charge in [0.2, 0.25) is 0 Å². The summed E-state index contributed by atoms with van der Waals surface area (Å²) in [5.41, 5.74) is 1.41. The maximum atomic E-state index is 12.8. The van der Waals surface area contributed by atoms with Crippen LogP contribution in [0.15, 0.2) is 18.2 Å². The van der Waals surface area contributed by atoms with Crippen LogP contribution in [0.1, 0.15) is 41.6 Å². The molecule has 1 amide bonds. The predicted molar refractivity (Wildman–Crippen MR) is 82.5 cm³/mol. The van der Waals surface area contributed by atoms with Gasteiger partial charge in [0.05, 0.1) is 5.56 Å². The SMILES string of the molecule is Cc1ccc(C(=O)N2CCCC2C2CCCNC2)c(O)c1. The number of hydrogen-bond acceptors (Lipinski definition) is 3. The second kappa shape index (κ2) is 6.06. The largest absolute Gasteiger partial charge is 0.507 e. The van der Waals surface area contributed by atoms with Crippen LogP contribution in [0.2, 0.25) is 0 Å². The van der Waals surface area contributed by atoms with Gasteiger partial charge in [0.15, 0.2) is 0 Å². The van der Waals surface area contributed by atoms with Crippen LogP contribution in [0.25, 0.3) is 0 Å². The van der Waals surface area contributed by atoms with E-state index < -0.39 is 0 Å². The average molecular weight is 288 g/mol. The van der Waals surface area contributed by atoms with Gasteiger partial charge in [-0.25, -0.2) is 0 Å². The van der Waals surface area contributed by atoms with Crippen LogP contribution in [-0.2, 0) is 0 Å². The first-order valence-electron chi connectivity index (χ1n) is 7.98. The van der Waals surface area contributed by atoms with E-state index in [0.717, 1.165) is 38.0 Å². The molecule has 21 heavy (non-hydrogen) atoms. The van der Waals surface area contributed by atoms with Crippen molar-refractivity contribution < 1.29 is 9.90 Å². The van der Waals surface area contributed by atoms with E-state index in [0.29, 0.717) is 17.5 Å². The molecule has 4 heteroatoms. The Labute approximate surface area is 126 Å². The van der Waals surface area contributed by atoms with Crippen LogP contribution < -0.4 is 5.32 Å². The maximum absolute atomic E-state index is 12.8. The molecule has 0 spiro atoms. The molecule has 2 fully saturated rings. The summed E-state index contributed by atoms with van der Waals surface area (Å²) >= 11 is 0. The number of phenols is 1. The first-order valence-corrected chi connectivity index (χ1v) is 7.98. The monoisotopic (exact) mass is 288 g/mol. The number of nitrogens with zero attached hydrogens (tertiary/aromatic N) is 1. The van der Waals surface area contributed by atoms with Gasteiger partial charge < -0.3 is 15.3 Å². The first kappa shape index (κ1) is 14.4. The summed E-state index contributed by atoms with van der Waals surface area (Å²) in [6.45, 7) is 4.83. The number of carbonyl (C=O) groups is 1. The van der Waals surface area contributed by atoms with Crippen molar-refractivity contribution in [1.29, 1.82) is 0 Å². The average Bonchev–Trinajstić information content (AvgIpc) is 2.97. The molecule has 4 nitrogen and oxygen atoms in total. The van der Waals surface area contributed by atoms with Crippen LogP contribution >= 0.6 is 0 Å². The minimum absolute atomic E-state index is 0.0134. The van der Waals surface area contributed by atoms with E-state index in [1.165, 1.54) is 12.8 Å². The molecule has 0 radical (unpaired) electrons. The van der Waals surface area contributed by atoms with Crippen LogP contribution in [0, 0.1) is 12.8 Å². The number of nitrogens with one attached hydrogen (secondary N) is 1. The van der Waals surface area contributed by atoms with Gasteiger partial charge in [0, 0.05) is 12.6 Å². The fraction of sp³-hybridized carbons (Fsp3) is 0.588. The third-order valence-corrected chi connectivity index (χ3v) is 4.82. The van der Waals surface area contributed by atoms with Crippen LogP contribution in [-0.4, -0.2) is 41.6 Å². The number of amides is 1. The lowest BCUT2D eigenvalue weighted by Gasteiger charge is -2.34. The minimum atomic E-state index is -0.0134. The zero-order valence-corrected chi connectivity index (χ0v) is 12.6. The quantitative estimate of drug-likeness (QED) is 0.878. The molecule has 2 aliphatic rings. The van der Waals surface area contributed by atoms with Crippen LogP contribution in [0.5, 0.6) is 5.75 Å².